The maximum absolute atomic E-state index is 12.3. The molecule has 0 fully saturated rings. The maximum Gasteiger partial charge on any atom is 0.336 e. The van der Waals surface area contributed by atoms with E-state index in [-0.39, 0.29) is 30.3 Å². The number of carbonyl (C=O) groups is 1. The topological polar surface area (TPSA) is 115 Å². The van der Waals surface area contributed by atoms with Crippen molar-refractivity contribution in [2.24, 2.45) is 4.99 Å². The van der Waals surface area contributed by atoms with Crippen LogP contribution in [0.4, 0.5) is 0 Å². The van der Waals surface area contributed by atoms with Gasteiger partial charge in [0.1, 0.15) is 18.0 Å². The number of amidine groups is 1. The number of sulfonamides is 1. The summed E-state index contributed by atoms with van der Waals surface area (Å²) < 4.78 is 37.4. The van der Waals surface area contributed by atoms with Crippen molar-refractivity contribution in [1.29, 1.82) is 0 Å². The third-order valence-corrected chi connectivity index (χ3v) is 6.75. The van der Waals surface area contributed by atoms with Crippen molar-refractivity contribution in [1.82, 2.24) is 4.72 Å². The number of hydrogen-bond acceptors (Lipinski definition) is 7. The Kier molecular flexibility index (Phi) is 5.18. The quantitative estimate of drug-likeness (QED) is 0.277. The fourth-order valence-electron chi connectivity index (χ4n) is 3.87. The molecular formula is C24H18N2O6S. The van der Waals surface area contributed by atoms with Gasteiger partial charge < -0.3 is 9.15 Å². The third-order valence-electron chi connectivity index (χ3n) is 5.35. The molecule has 166 valence electrons. The van der Waals surface area contributed by atoms with Crippen LogP contribution in [0, 0.1) is 0 Å². The number of esters is 1. The minimum Gasteiger partial charge on any atom is -0.461 e. The van der Waals surface area contributed by atoms with E-state index in [0.717, 1.165) is 16.2 Å². The summed E-state index contributed by atoms with van der Waals surface area (Å²) in [7, 11) is -3.63. The molecule has 0 amide bonds. The molecule has 9 heteroatoms. The Bertz CT molecular complexity index is 1600. The van der Waals surface area contributed by atoms with Gasteiger partial charge >= 0.3 is 11.6 Å². The number of aliphatic imine (C=N–C) groups is 1. The number of carbonyl (C=O) groups excluding carboxylic acids is 1. The lowest BCUT2D eigenvalue weighted by atomic mass is 10.0. The molecule has 4 aromatic rings. The number of benzene rings is 3. The van der Waals surface area contributed by atoms with Gasteiger partial charge in [-0.1, -0.05) is 42.5 Å². The van der Waals surface area contributed by atoms with E-state index in [1.54, 1.807) is 24.3 Å². The first kappa shape index (κ1) is 20.9. The fraction of sp³-hybridized carbons (Fsp3) is 0.125. The first-order valence-electron chi connectivity index (χ1n) is 10.2. The molecule has 0 bridgehead atoms. The highest BCUT2D eigenvalue weighted by molar-refractivity contribution is 7.90. The molecule has 1 aliphatic heterocycles. The predicted molar refractivity (Wildman–Crippen MR) is 123 cm³/mol. The molecular weight excluding hydrogens is 444 g/mol. The highest BCUT2D eigenvalue weighted by atomic mass is 32.2. The van der Waals surface area contributed by atoms with E-state index < -0.39 is 21.6 Å². The largest absolute Gasteiger partial charge is 0.461 e. The number of nitrogens with one attached hydrogen (secondary N) is 1. The van der Waals surface area contributed by atoms with Crippen molar-refractivity contribution in [3.8, 4) is 0 Å². The van der Waals surface area contributed by atoms with Crippen LogP contribution < -0.4 is 10.3 Å². The lowest BCUT2D eigenvalue weighted by Gasteiger charge is -2.09. The smallest absolute Gasteiger partial charge is 0.336 e. The van der Waals surface area contributed by atoms with Crippen LogP contribution in [0.5, 0.6) is 0 Å². The Morgan fingerprint density at radius 3 is 2.70 bits per heavy atom. The monoisotopic (exact) mass is 462 g/mol. The van der Waals surface area contributed by atoms with Gasteiger partial charge in [0, 0.05) is 22.6 Å². The van der Waals surface area contributed by atoms with Crippen molar-refractivity contribution in [2.75, 3.05) is 6.54 Å². The first-order chi connectivity index (χ1) is 15.9. The Hall–Kier alpha value is -3.98. The summed E-state index contributed by atoms with van der Waals surface area (Å²) >= 11 is 0. The summed E-state index contributed by atoms with van der Waals surface area (Å²) in [6.07, 6.45) is -0.0481. The van der Waals surface area contributed by atoms with Gasteiger partial charge in [-0.2, -0.15) is 0 Å². The van der Waals surface area contributed by atoms with Crippen LogP contribution in [0.1, 0.15) is 17.5 Å². The second kappa shape index (κ2) is 8.18. The van der Waals surface area contributed by atoms with Crippen molar-refractivity contribution >= 4 is 43.6 Å². The zero-order chi connectivity index (χ0) is 23.0. The van der Waals surface area contributed by atoms with E-state index in [1.165, 1.54) is 12.1 Å². The second-order valence-electron chi connectivity index (χ2n) is 7.49. The van der Waals surface area contributed by atoms with Gasteiger partial charge in [-0.3, -0.25) is 14.5 Å². The van der Waals surface area contributed by atoms with Gasteiger partial charge in [-0.25, -0.2) is 13.2 Å². The molecule has 0 atom stereocenters. The number of hydrogen-bond donors (Lipinski definition) is 1. The molecule has 0 saturated heterocycles. The SMILES string of the molecule is O=C(CCN=C1NS(=O)(=O)c2ccccc21)OCc1cc(=O)oc2ccc3ccccc3c12. The average Bonchev–Trinajstić information content (AvgIpc) is 3.07. The maximum atomic E-state index is 12.3. The minimum absolute atomic E-state index is 0.0472. The van der Waals surface area contributed by atoms with Crippen LogP contribution in [0.25, 0.3) is 21.7 Å². The number of ether oxygens (including phenoxy) is 1. The Morgan fingerprint density at radius 2 is 1.82 bits per heavy atom. The second-order valence-corrected chi connectivity index (χ2v) is 9.14. The zero-order valence-electron chi connectivity index (χ0n) is 17.3. The normalized spacial score (nSPS) is 15.5. The van der Waals surface area contributed by atoms with E-state index >= 15 is 0 Å². The summed E-state index contributed by atoms with van der Waals surface area (Å²) in [5.41, 5.74) is 0.920. The zero-order valence-corrected chi connectivity index (χ0v) is 18.1. The van der Waals surface area contributed by atoms with Crippen LogP contribution in [-0.2, 0) is 26.2 Å². The molecule has 5 rings (SSSR count). The van der Waals surface area contributed by atoms with Crippen LogP contribution >= 0.6 is 0 Å². The molecule has 33 heavy (non-hydrogen) atoms. The van der Waals surface area contributed by atoms with Crippen LogP contribution in [0.3, 0.4) is 0 Å². The molecule has 1 aliphatic rings. The average molecular weight is 462 g/mol. The molecule has 1 aromatic heterocycles. The summed E-state index contributed by atoms with van der Waals surface area (Å²) in [6.45, 7) is -0.0490. The Labute approximate surface area is 188 Å². The van der Waals surface area contributed by atoms with Gasteiger partial charge in [-0.05, 0) is 29.0 Å². The van der Waals surface area contributed by atoms with E-state index in [4.69, 9.17) is 9.15 Å². The summed E-state index contributed by atoms with van der Waals surface area (Å²) in [5.74, 6) is -0.313. The van der Waals surface area contributed by atoms with Gasteiger partial charge in [0.05, 0.1) is 17.9 Å². The Balaban J connectivity index is 1.31. The molecule has 0 unspecified atom stereocenters. The fourth-order valence-corrected chi connectivity index (χ4v) is 5.13. The van der Waals surface area contributed by atoms with Crippen LogP contribution in [0.15, 0.2) is 85.8 Å². The van der Waals surface area contributed by atoms with E-state index in [1.807, 2.05) is 30.3 Å². The molecule has 0 saturated carbocycles. The molecule has 0 radical (unpaired) electrons. The molecule has 0 aliphatic carbocycles. The van der Waals surface area contributed by atoms with E-state index in [2.05, 4.69) is 9.71 Å². The molecule has 8 nitrogen and oxygen atoms in total. The lowest BCUT2D eigenvalue weighted by molar-refractivity contribution is -0.144. The van der Waals surface area contributed by atoms with Crippen molar-refractivity contribution in [3.05, 3.63) is 88.3 Å². The lowest BCUT2D eigenvalue weighted by Crippen LogP contribution is -2.22. The van der Waals surface area contributed by atoms with Crippen molar-refractivity contribution in [3.63, 3.8) is 0 Å². The molecule has 3 aromatic carbocycles. The summed E-state index contributed by atoms with van der Waals surface area (Å²) in [4.78, 5) is 28.7. The summed E-state index contributed by atoms with van der Waals surface area (Å²) in [5, 5.41) is 2.59. The standard InChI is InChI=1S/C24H18N2O6S/c27-21(11-12-25-24-18-7-3-4-8-20(18)33(29,30)26-24)31-14-16-13-22(28)32-19-10-9-15-5-1-2-6-17(15)23(16)19/h1-10,13H,11-12,14H2,(H,25,26). The van der Waals surface area contributed by atoms with E-state index in [9.17, 15) is 18.0 Å². The highest BCUT2D eigenvalue weighted by Gasteiger charge is 2.30. The number of rotatable bonds is 5. The predicted octanol–water partition coefficient (Wildman–Crippen LogP) is 3.12. The van der Waals surface area contributed by atoms with Gasteiger partial charge in [0.2, 0.25) is 0 Å². The molecule has 2 heterocycles. The summed E-state index contributed by atoms with van der Waals surface area (Å²) in [6, 6.07) is 19.1. The molecule has 1 N–H and O–H groups in total. The van der Waals surface area contributed by atoms with Crippen LogP contribution in [0.2, 0.25) is 0 Å². The van der Waals surface area contributed by atoms with Gasteiger partial charge in [0.15, 0.2) is 0 Å². The van der Waals surface area contributed by atoms with E-state index in [0.29, 0.717) is 16.7 Å². The van der Waals surface area contributed by atoms with Crippen LogP contribution in [-0.4, -0.2) is 26.8 Å². The number of nitrogens with zero attached hydrogens (tertiary/aromatic N) is 1. The van der Waals surface area contributed by atoms with Gasteiger partial charge in [0.25, 0.3) is 10.0 Å². The number of fused-ring (bicyclic) bond motifs is 4. The first-order valence-corrected chi connectivity index (χ1v) is 11.7. The van der Waals surface area contributed by atoms with Gasteiger partial charge in [-0.15, -0.1) is 0 Å². The van der Waals surface area contributed by atoms with Crippen molar-refractivity contribution < 1.29 is 22.4 Å². The molecule has 0 spiro atoms. The minimum atomic E-state index is -3.63. The Morgan fingerprint density at radius 1 is 1.03 bits per heavy atom. The highest BCUT2D eigenvalue weighted by Crippen LogP contribution is 2.28. The van der Waals surface area contributed by atoms with Crippen molar-refractivity contribution in [2.45, 2.75) is 17.9 Å². The third kappa shape index (κ3) is 3.98.